The fourth-order valence-electron chi connectivity index (χ4n) is 2.45. The largest absolute Gasteiger partial charge is 0.466 e. The Morgan fingerprint density at radius 3 is 2.94 bits per heavy atom. The van der Waals surface area contributed by atoms with E-state index in [9.17, 15) is 4.79 Å². The zero-order valence-corrected chi connectivity index (χ0v) is 11.2. The first-order valence-corrected chi connectivity index (χ1v) is 6.37. The number of benzene rings is 1. The van der Waals surface area contributed by atoms with Gasteiger partial charge in [-0.3, -0.25) is 4.79 Å². The Balaban J connectivity index is 2.13. The summed E-state index contributed by atoms with van der Waals surface area (Å²) in [4.78, 5) is 11.8. The molecular weight excluding hydrogens is 228 g/mol. The minimum absolute atomic E-state index is 0.00949. The molecule has 0 N–H and O–H groups in total. The lowest BCUT2D eigenvalue weighted by atomic mass is 9.94. The van der Waals surface area contributed by atoms with Gasteiger partial charge in [0.05, 0.1) is 19.1 Å². The molecule has 1 aromatic rings. The smallest absolute Gasteiger partial charge is 0.309 e. The predicted octanol–water partition coefficient (Wildman–Crippen LogP) is 2.67. The summed E-state index contributed by atoms with van der Waals surface area (Å²) in [6, 6.07) is 8.27. The van der Waals surface area contributed by atoms with Crippen molar-refractivity contribution >= 4 is 5.97 Å². The van der Waals surface area contributed by atoms with Crippen LogP contribution >= 0.6 is 0 Å². The number of hydrogen-bond donors (Lipinski definition) is 0. The van der Waals surface area contributed by atoms with Crippen LogP contribution in [0.5, 0.6) is 0 Å². The van der Waals surface area contributed by atoms with Crippen molar-refractivity contribution in [2.45, 2.75) is 32.3 Å². The molecule has 0 aromatic heterocycles. The monoisotopic (exact) mass is 248 g/mol. The molecule has 0 spiro atoms. The van der Waals surface area contributed by atoms with Gasteiger partial charge < -0.3 is 9.47 Å². The van der Waals surface area contributed by atoms with E-state index in [1.54, 1.807) is 7.11 Å². The van der Waals surface area contributed by atoms with Crippen LogP contribution in [0.15, 0.2) is 24.3 Å². The van der Waals surface area contributed by atoms with E-state index in [0.717, 1.165) is 12.0 Å². The number of hydrogen-bond acceptors (Lipinski definition) is 3. The highest BCUT2D eigenvalue weighted by molar-refractivity contribution is 5.79. The van der Waals surface area contributed by atoms with Gasteiger partial charge in [0.25, 0.3) is 0 Å². The first-order valence-electron chi connectivity index (χ1n) is 6.37. The maximum Gasteiger partial charge on any atom is 0.309 e. The van der Waals surface area contributed by atoms with Crippen LogP contribution in [0.1, 0.15) is 31.4 Å². The third-order valence-corrected chi connectivity index (χ3v) is 3.71. The van der Waals surface area contributed by atoms with Crippen molar-refractivity contribution < 1.29 is 14.3 Å². The minimum atomic E-state index is -0.0721. The molecule has 3 nitrogen and oxygen atoms in total. The highest BCUT2D eigenvalue weighted by atomic mass is 16.5. The second-order valence-electron chi connectivity index (χ2n) is 5.06. The number of carbonyl (C=O) groups is 1. The van der Waals surface area contributed by atoms with Gasteiger partial charge in [0.15, 0.2) is 0 Å². The summed E-state index contributed by atoms with van der Waals surface area (Å²) in [5.74, 6) is -0.0626. The van der Waals surface area contributed by atoms with E-state index < -0.39 is 0 Å². The SMILES string of the molecule is CCOC(=O)C1CC1(C)c1cccc(COC)c1. The lowest BCUT2D eigenvalue weighted by molar-refractivity contribution is -0.145. The Morgan fingerprint density at radius 1 is 1.50 bits per heavy atom. The highest BCUT2D eigenvalue weighted by Crippen LogP contribution is 2.54. The van der Waals surface area contributed by atoms with E-state index in [4.69, 9.17) is 9.47 Å². The Kier molecular flexibility index (Phi) is 3.71. The second kappa shape index (κ2) is 5.11. The van der Waals surface area contributed by atoms with Gasteiger partial charge in [-0.2, -0.15) is 0 Å². The molecular formula is C15H20O3. The summed E-state index contributed by atoms with van der Waals surface area (Å²) < 4.78 is 10.2. The molecule has 1 saturated carbocycles. The summed E-state index contributed by atoms with van der Waals surface area (Å²) in [5.41, 5.74) is 2.29. The number of rotatable bonds is 5. The Labute approximate surface area is 108 Å². The first kappa shape index (κ1) is 13.1. The van der Waals surface area contributed by atoms with E-state index in [-0.39, 0.29) is 17.3 Å². The van der Waals surface area contributed by atoms with Crippen molar-refractivity contribution in [1.29, 1.82) is 0 Å². The number of methoxy groups -OCH3 is 1. The van der Waals surface area contributed by atoms with Gasteiger partial charge in [-0.05, 0) is 24.5 Å². The third-order valence-electron chi connectivity index (χ3n) is 3.71. The zero-order chi connectivity index (χ0) is 13.2. The van der Waals surface area contributed by atoms with Crippen molar-refractivity contribution in [3.05, 3.63) is 35.4 Å². The summed E-state index contributed by atoms with van der Waals surface area (Å²) in [7, 11) is 1.69. The van der Waals surface area contributed by atoms with Crippen molar-refractivity contribution in [2.75, 3.05) is 13.7 Å². The highest BCUT2D eigenvalue weighted by Gasteiger charge is 2.56. The minimum Gasteiger partial charge on any atom is -0.466 e. The topological polar surface area (TPSA) is 35.5 Å². The molecule has 2 atom stereocenters. The van der Waals surface area contributed by atoms with E-state index in [0.29, 0.717) is 13.2 Å². The number of carbonyl (C=O) groups excluding carboxylic acids is 1. The summed E-state index contributed by atoms with van der Waals surface area (Å²) in [5, 5.41) is 0. The first-order chi connectivity index (χ1) is 8.61. The Morgan fingerprint density at radius 2 is 2.28 bits per heavy atom. The van der Waals surface area contributed by atoms with Crippen molar-refractivity contribution in [2.24, 2.45) is 5.92 Å². The van der Waals surface area contributed by atoms with Gasteiger partial charge >= 0.3 is 5.97 Å². The van der Waals surface area contributed by atoms with Gasteiger partial charge in [0, 0.05) is 12.5 Å². The molecule has 2 unspecified atom stereocenters. The lowest BCUT2D eigenvalue weighted by Gasteiger charge is -2.13. The van der Waals surface area contributed by atoms with Crippen LogP contribution in [0.3, 0.4) is 0 Å². The van der Waals surface area contributed by atoms with Crippen molar-refractivity contribution in [1.82, 2.24) is 0 Å². The molecule has 1 fully saturated rings. The van der Waals surface area contributed by atoms with E-state index in [1.807, 2.05) is 19.1 Å². The Bertz CT molecular complexity index is 441. The van der Waals surface area contributed by atoms with Crippen LogP contribution in [0.25, 0.3) is 0 Å². The molecule has 18 heavy (non-hydrogen) atoms. The summed E-state index contributed by atoms with van der Waals surface area (Å²) in [6.45, 7) is 5.03. The van der Waals surface area contributed by atoms with Crippen molar-refractivity contribution in [3.63, 3.8) is 0 Å². The van der Waals surface area contributed by atoms with Crippen LogP contribution in [0, 0.1) is 5.92 Å². The van der Waals surface area contributed by atoms with Crippen LogP contribution in [0.4, 0.5) is 0 Å². The van der Waals surface area contributed by atoms with Gasteiger partial charge in [-0.1, -0.05) is 31.2 Å². The molecule has 0 heterocycles. The van der Waals surface area contributed by atoms with E-state index >= 15 is 0 Å². The van der Waals surface area contributed by atoms with E-state index in [2.05, 4.69) is 19.1 Å². The van der Waals surface area contributed by atoms with Gasteiger partial charge in [0.2, 0.25) is 0 Å². The normalized spacial score (nSPS) is 25.8. The van der Waals surface area contributed by atoms with E-state index in [1.165, 1.54) is 5.56 Å². The third kappa shape index (κ3) is 2.41. The van der Waals surface area contributed by atoms with Crippen LogP contribution in [0.2, 0.25) is 0 Å². The molecule has 0 amide bonds. The molecule has 98 valence electrons. The van der Waals surface area contributed by atoms with Crippen LogP contribution in [-0.2, 0) is 26.3 Å². The van der Waals surface area contributed by atoms with Gasteiger partial charge in [-0.25, -0.2) is 0 Å². The number of ether oxygens (including phenoxy) is 2. The molecule has 1 aliphatic rings. The molecule has 1 aliphatic carbocycles. The second-order valence-corrected chi connectivity index (χ2v) is 5.06. The lowest BCUT2D eigenvalue weighted by Crippen LogP contribution is -2.14. The van der Waals surface area contributed by atoms with Crippen LogP contribution < -0.4 is 0 Å². The summed E-state index contributed by atoms with van der Waals surface area (Å²) in [6.07, 6.45) is 0.877. The molecule has 1 aromatic carbocycles. The standard InChI is InChI=1S/C15H20O3/c1-4-18-14(16)13-9-15(13,2)12-7-5-6-11(8-12)10-17-3/h5-8,13H,4,9-10H2,1-3H3. The molecule has 0 bridgehead atoms. The van der Waals surface area contributed by atoms with Gasteiger partial charge in [0.1, 0.15) is 0 Å². The van der Waals surface area contributed by atoms with Crippen LogP contribution in [-0.4, -0.2) is 19.7 Å². The fraction of sp³-hybridized carbons (Fsp3) is 0.533. The molecule has 0 radical (unpaired) electrons. The molecule has 3 heteroatoms. The summed E-state index contributed by atoms with van der Waals surface area (Å²) >= 11 is 0. The van der Waals surface area contributed by atoms with Gasteiger partial charge in [-0.15, -0.1) is 0 Å². The molecule has 0 saturated heterocycles. The Hall–Kier alpha value is -1.35. The van der Waals surface area contributed by atoms with Crippen molar-refractivity contribution in [3.8, 4) is 0 Å². The number of esters is 1. The average Bonchev–Trinajstić information content (AvgIpc) is 3.05. The maximum atomic E-state index is 11.8. The quantitative estimate of drug-likeness (QED) is 0.751. The molecule has 2 rings (SSSR count). The molecule has 0 aliphatic heterocycles. The zero-order valence-electron chi connectivity index (χ0n) is 11.2. The maximum absolute atomic E-state index is 11.8. The fourth-order valence-corrected chi connectivity index (χ4v) is 2.45. The average molecular weight is 248 g/mol. The predicted molar refractivity (Wildman–Crippen MR) is 69.2 cm³/mol.